The molecule has 0 amide bonds. The van der Waals surface area contributed by atoms with Gasteiger partial charge in [-0.15, -0.1) is 0 Å². The van der Waals surface area contributed by atoms with Crippen molar-refractivity contribution in [3.8, 4) is 11.1 Å². The third-order valence-electron chi connectivity index (χ3n) is 5.96. The summed E-state index contributed by atoms with van der Waals surface area (Å²) in [6.07, 6.45) is 8.60. The van der Waals surface area contributed by atoms with E-state index in [9.17, 15) is 0 Å². The molecule has 2 aliphatic rings. The van der Waals surface area contributed by atoms with Gasteiger partial charge >= 0.3 is 167 Å². The van der Waals surface area contributed by atoms with Crippen LogP contribution in [0.4, 0.5) is 0 Å². The van der Waals surface area contributed by atoms with E-state index >= 15 is 0 Å². The molecule has 4 rings (SSSR count). The van der Waals surface area contributed by atoms with Gasteiger partial charge in [0.05, 0.1) is 0 Å². The van der Waals surface area contributed by atoms with Crippen molar-refractivity contribution >= 4 is 8.70 Å². The van der Waals surface area contributed by atoms with Crippen LogP contribution in [0.3, 0.4) is 0 Å². The van der Waals surface area contributed by atoms with Crippen LogP contribution in [0.5, 0.6) is 0 Å². The van der Waals surface area contributed by atoms with E-state index < -0.39 is 20.4 Å². The van der Waals surface area contributed by atoms with Crippen molar-refractivity contribution in [2.24, 2.45) is 5.92 Å². The summed E-state index contributed by atoms with van der Waals surface area (Å²) >= 11 is -1.85. The molecular weight excluding hydrogens is 478 g/mol. The van der Waals surface area contributed by atoms with Gasteiger partial charge in [0.2, 0.25) is 0 Å². The Kier molecular flexibility index (Phi) is 8.59. The first-order chi connectivity index (χ1) is 12.7. The SMILES string of the molecule is CCC1=[C]([Zr+2]([c]2cccc3c2Cc2ccccc2-3)=[Si](C)C)C(CC)C=C1.[Cl-].[Cl-]. The number of halogens is 2. The maximum Gasteiger partial charge on any atom is -1.00 e. The van der Waals surface area contributed by atoms with E-state index in [2.05, 4.69) is 81.6 Å². The fourth-order valence-electron chi connectivity index (χ4n) is 4.73. The second-order valence-electron chi connectivity index (χ2n) is 7.71. The van der Waals surface area contributed by atoms with E-state index in [4.69, 9.17) is 0 Å². The van der Waals surface area contributed by atoms with Gasteiger partial charge in [0.15, 0.2) is 0 Å². The summed E-state index contributed by atoms with van der Waals surface area (Å²) < 4.78 is 3.74. The van der Waals surface area contributed by atoms with Gasteiger partial charge in [-0.25, -0.2) is 0 Å². The molecule has 2 aromatic rings. The molecule has 2 aromatic carbocycles. The van der Waals surface area contributed by atoms with Crippen molar-refractivity contribution in [3.63, 3.8) is 0 Å². The number of fused-ring (bicyclic) bond motifs is 3. The van der Waals surface area contributed by atoms with Gasteiger partial charge in [0.1, 0.15) is 0 Å². The molecule has 0 fully saturated rings. The van der Waals surface area contributed by atoms with Crippen LogP contribution >= 0.6 is 0 Å². The fourth-order valence-corrected chi connectivity index (χ4v) is 22.9. The Labute approximate surface area is 190 Å². The van der Waals surface area contributed by atoms with Gasteiger partial charge in [-0.3, -0.25) is 0 Å². The number of rotatable bonds is 4. The van der Waals surface area contributed by atoms with Gasteiger partial charge in [0, 0.05) is 0 Å². The Hall–Kier alpha value is -0.400. The predicted molar refractivity (Wildman–Crippen MR) is 112 cm³/mol. The van der Waals surface area contributed by atoms with Crippen LogP contribution in [0.1, 0.15) is 37.8 Å². The standard InChI is InChI=1S/C13H9.C9H13.C2H6Si.2ClH.Zr/c1-3-7-12-10(5-1)9-11-6-2-4-8-13(11)12;1-3-8-5-6-9(4-2)7-8;1-3-2;;;/h1-5,7-8H,9H2;5-6,8H,3-4H2,1-2H3;1-2H3;2*1H;/q;;;;;+2/p-2. The van der Waals surface area contributed by atoms with Crippen LogP contribution in [-0.4, -0.2) is 5.43 Å². The first-order valence-electron chi connectivity index (χ1n) is 9.95. The summed E-state index contributed by atoms with van der Waals surface area (Å²) in [7, 11) is 0. The molecule has 0 spiro atoms. The molecule has 28 heavy (non-hydrogen) atoms. The first-order valence-corrected chi connectivity index (χ1v) is 18.6. The number of hydrogen-bond acceptors (Lipinski definition) is 0. The Bertz CT molecular complexity index is 968. The number of hydrogen-bond donors (Lipinski definition) is 0. The molecule has 0 N–H and O–H groups in total. The minimum Gasteiger partial charge on any atom is -1.00 e. The maximum atomic E-state index is 2.59. The van der Waals surface area contributed by atoms with Gasteiger partial charge in [0.25, 0.3) is 0 Å². The molecule has 1 unspecified atom stereocenters. The third-order valence-corrected chi connectivity index (χ3v) is 23.0. The Balaban J connectivity index is 0.00000140. The average Bonchev–Trinajstić information content (AvgIpc) is 3.23. The van der Waals surface area contributed by atoms with Crippen molar-refractivity contribution in [3.05, 3.63) is 74.6 Å². The van der Waals surface area contributed by atoms with Crippen LogP contribution in [0.25, 0.3) is 11.1 Å². The minimum absolute atomic E-state index is 0. The zero-order chi connectivity index (χ0) is 18.3. The van der Waals surface area contributed by atoms with Gasteiger partial charge in [-0.1, -0.05) is 0 Å². The van der Waals surface area contributed by atoms with Crippen LogP contribution < -0.4 is 28.1 Å². The van der Waals surface area contributed by atoms with E-state index in [1.54, 1.807) is 11.1 Å². The van der Waals surface area contributed by atoms with Crippen LogP contribution in [0, 0.1) is 5.92 Å². The maximum absolute atomic E-state index is 2.59. The summed E-state index contributed by atoms with van der Waals surface area (Å²) in [4.78, 5) is 0. The molecular formula is C24H28Cl2SiZr. The predicted octanol–water partition coefficient (Wildman–Crippen LogP) is 0.0205. The molecule has 2 aliphatic carbocycles. The second kappa shape index (κ2) is 10.1. The van der Waals surface area contributed by atoms with Crippen LogP contribution in [0.2, 0.25) is 13.1 Å². The van der Waals surface area contributed by atoms with Gasteiger partial charge in [-0.05, 0) is 0 Å². The molecule has 0 saturated carbocycles. The monoisotopic (exact) mass is 504 g/mol. The second-order valence-corrected chi connectivity index (χ2v) is 24.5. The summed E-state index contributed by atoms with van der Waals surface area (Å²) in [5.41, 5.74) is 7.60. The molecule has 4 heteroatoms. The van der Waals surface area contributed by atoms with Crippen molar-refractivity contribution in [2.45, 2.75) is 46.2 Å². The summed E-state index contributed by atoms with van der Waals surface area (Å²) in [6, 6.07) is 16.3. The number of benzene rings is 2. The van der Waals surface area contributed by atoms with E-state index in [1.807, 2.05) is 6.55 Å². The topological polar surface area (TPSA) is 0 Å². The van der Waals surface area contributed by atoms with Gasteiger partial charge < -0.3 is 24.8 Å². The van der Waals surface area contributed by atoms with Crippen molar-refractivity contribution in [2.75, 3.05) is 0 Å². The van der Waals surface area contributed by atoms with Gasteiger partial charge in [-0.2, -0.15) is 0 Å². The molecule has 0 aliphatic heterocycles. The van der Waals surface area contributed by atoms with E-state index in [0.717, 1.165) is 12.3 Å². The molecule has 0 bridgehead atoms. The Morgan fingerprint density at radius 1 is 0.964 bits per heavy atom. The summed E-state index contributed by atoms with van der Waals surface area (Å²) in [5.74, 6) is 0.721. The van der Waals surface area contributed by atoms with E-state index in [-0.39, 0.29) is 30.2 Å². The zero-order valence-corrected chi connectivity index (χ0v) is 22.1. The average molecular weight is 507 g/mol. The fraction of sp³-hybridized carbons (Fsp3) is 0.333. The minimum atomic E-state index is -1.85. The largest absolute Gasteiger partial charge is 1.00 e. The summed E-state index contributed by atoms with van der Waals surface area (Å²) in [6.45, 7) is 9.90. The Morgan fingerprint density at radius 3 is 2.36 bits per heavy atom. The Morgan fingerprint density at radius 2 is 1.68 bits per heavy atom. The van der Waals surface area contributed by atoms with Crippen molar-refractivity contribution < 1.29 is 45.2 Å². The number of allylic oxidation sites excluding steroid dienone is 4. The molecule has 0 heterocycles. The first kappa shape index (κ1) is 23.9. The normalized spacial score (nSPS) is 15.9. The van der Waals surface area contributed by atoms with Crippen molar-refractivity contribution in [1.82, 2.24) is 0 Å². The van der Waals surface area contributed by atoms with Crippen LogP contribution in [-0.2, 0) is 26.8 Å². The van der Waals surface area contributed by atoms with E-state index in [0.29, 0.717) is 0 Å². The molecule has 0 radical (unpaired) electrons. The zero-order valence-electron chi connectivity index (χ0n) is 17.2. The third kappa shape index (κ3) is 4.08. The molecule has 1 atom stereocenters. The molecule has 0 nitrogen and oxygen atoms in total. The van der Waals surface area contributed by atoms with Crippen LogP contribution in [0.15, 0.2) is 63.5 Å². The quantitative estimate of drug-likeness (QED) is 0.438. The molecule has 0 aromatic heterocycles. The van der Waals surface area contributed by atoms with Crippen molar-refractivity contribution in [1.29, 1.82) is 0 Å². The smallest absolute Gasteiger partial charge is 1.00 e. The summed E-state index contributed by atoms with van der Waals surface area (Å²) in [5, 5.41) is 0. The molecule has 0 saturated heterocycles. The van der Waals surface area contributed by atoms with E-state index in [1.165, 1.54) is 29.5 Å². The molecule has 146 valence electrons.